The molecule has 0 fully saturated rings. The zero-order chi connectivity index (χ0) is 14.3. The van der Waals surface area contributed by atoms with E-state index in [0.717, 1.165) is 16.8 Å². The van der Waals surface area contributed by atoms with Crippen LogP contribution in [-0.4, -0.2) is 15.6 Å². The highest BCUT2D eigenvalue weighted by Crippen LogP contribution is 2.25. The van der Waals surface area contributed by atoms with Crippen LogP contribution in [0.2, 0.25) is 5.02 Å². The predicted octanol–water partition coefficient (Wildman–Crippen LogP) is 3.55. The predicted molar refractivity (Wildman–Crippen MR) is 77.2 cm³/mol. The number of hydrogen-bond acceptors (Lipinski definition) is 3. The summed E-state index contributed by atoms with van der Waals surface area (Å²) < 4.78 is 7.05. The van der Waals surface area contributed by atoms with Gasteiger partial charge in [0.05, 0.1) is 28.4 Å². The van der Waals surface area contributed by atoms with Gasteiger partial charge in [-0.2, -0.15) is 5.10 Å². The number of ketones is 1. The highest BCUT2D eigenvalue weighted by atomic mass is 35.5. The standard InChI is InChI=1S/C15H13ClN2O2/c1-9-15(16)12(18(2)17-9)7-13(19)11-8-20-14-6-4-3-5-10(11)14/h3-6,8H,7H2,1-2H3. The van der Waals surface area contributed by atoms with Gasteiger partial charge in [-0.05, 0) is 13.0 Å². The Bertz CT molecular complexity index is 801. The first-order valence-corrected chi connectivity index (χ1v) is 6.63. The SMILES string of the molecule is Cc1nn(C)c(CC(=O)c2coc3ccccc23)c1Cl. The molecule has 0 aliphatic rings. The molecule has 0 atom stereocenters. The Balaban J connectivity index is 1.97. The summed E-state index contributed by atoms with van der Waals surface area (Å²) in [5.41, 5.74) is 2.74. The molecule has 5 heteroatoms. The van der Waals surface area contributed by atoms with Crippen molar-refractivity contribution in [2.24, 2.45) is 7.05 Å². The van der Waals surface area contributed by atoms with Crippen LogP contribution >= 0.6 is 11.6 Å². The minimum atomic E-state index is -0.0279. The van der Waals surface area contributed by atoms with Gasteiger partial charge in [0.15, 0.2) is 5.78 Å². The van der Waals surface area contributed by atoms with Crippen LogP contribution in [0.4, 0.5) is 0 Å². The molecular weight excluding hydrogens is 276 g/mol. The Labute approximate surface area is 120 Å². The van der Waals surface area contributed by atoms with E-state index in [9.17, 15) is 4.79 Å². The van der Waals surface area contributed by atoms with Crippen molar-refractivity contribution in [1.82, 2.24) is 9.78 Å². The van der Waals surface area contributed by atoms with E-state index < -0.39 is 0 Å². The maximum atomic E-state index is 12.4. The molecule has 0 saturated heterocycles. The number of furan rings is 1. The molecule has 0 radical (unpaired) electrons. The summed E-state index contributed by atoms with van der Waals surface area (Å²) in [5.74, 6) is -0.0279. The Morgan fingerprint density at radius 2 is 2.15 bits per heavy atom. The summed E-state index contributed by atoms with van der Waals surface area (Å²) >= 11 is 6.18. The van der Waals surface area contributed by atoms with Gasteiger partial charge in [-0.3, -0.25) is 9.48 Å². The van der Waals surface area contributed by atoms with Crippen LogP contribution in [0.3, 0.4) is 0 Å². The molecule has 20 heavy (non-hydrogen) atoms. The second kappa shape index (κ2) is 4.80. The van der Waals surface area contributed by atoms with Crippen molar-refractivity contribution in [2.75, 3.05) is 0 Å². The molecule has 0 amide bonds. The van der Waals surface area contributed by atoms with E-state index in [1.807, 2.05) is 31.2 Å². The Morgan fingerprint density at radius 1 is 1.40 bits per heavy atom. The van der Waals surface area contributed by atoms with Crippen LogP contribution in [0.15, 0.2) is 34.9 Å². The average Bonchev–Trinajstić information content (AvgIpc) is 2.96. The molecule has 0 N–H and O–H groups in total. The molecule has 0 aliphatic carbocycles. The van der Waals surface area contributed by atoms with Gasteiger partial charge in [-0.15, -0.1) is 0 Å². The zero-order valence-corrected chi connectivity index (χ0v) is 11.9. The summed E-state index contributed by atoms with van der Waals surface area (Å²) in [6, 6.07) is 7.48. The lowest BCUT2D eigenvalue weighted by Gasteiger charge is -2.01. The van der Waals surface area contributed by atoms with Crippen molar-refractivity contribution < 1.29 is 9.21 Å². The molecule has 2 heterocycles. The van der Waals surface area contributed by atoms with Crippen LogP contribution in [-0.2, 0) is 13.5 Å². The Morgan fingerprint density at radius 3 is 2.85 bits per heavy atom. The van der Waals surface area contributed by atoms with Gasteiger partial charge in [0.1, 0.15) is 11.8 Å². The van der Waals surface area contributed by atoms with Crippen LogP contribution in [0.25, 0.3) is 11.0 Å². The number of carbonyl (C=O) groups is 1. The first kappa shape index (κ1) is 12.9. The van der Waals surface area contributed by atoms with Crippen molar-refractivity contribution in [2.45, 2.75) is 13.3 Å². The third kappa shape index (κ3) is 2.02. The van der Waals surface area contributed by atoms with Crippen molar-refractivity contribution in [3.05, 3.63) is 52.5 Å². The number of benzene rings is 1. The summed E-state index contributed by atoms with van der Waals surface area (Å²) in [5, 5.41) is 5.59. The number of hydrogen-bond donors (Lipinski definition) is 0. The molecule has 0 aliphatic heterocycles. The van der Waals surface area contributed by atoms with Gasteiger partial charge < -0.3 is 4.42 Å². The number of nitrogens with zero attached hydrogens (tertiary/aromatic N) is 2. The van der Waals surface area contributed by atoms with Crippen molar-refractivity contribution in [1.29, 1.82) is 0 Å². The monoisotopic (exact) mass is 288 g/mol. The van der Waals surface area contributed by atoms with Gasteiger partial charge in [-0.1, -0.05) is 29.8 Å². The normalized spacial score (nSPS) is 11.2. The van der Waals surface area contributed by atoms with Crippen LogP contribution in [0, 0.1) is 6.92 Å². The topological polar surface area (TPSA) is 48.0 Å². The van der Waals surface area contributed by atoms with Crippen molar-refractivity contribution in [3.63, 3.8) is 0 Å². The number of para-hydroxylation sites is 1. The number of halogens is 1. The summed E-state index contributed by atoms with van der Waals surface area (Å²) in [6.45, 7) is 1.82. The summed E-state index contributed by atoms with van der Waals surface area (Å²) in [7, 11) is 1.79. The van der Waals surface area contributed by atoms with Gasteiger partial charge in [-0.25, -0.2) is 0 Å². The van der Waals surface area contributed by atoms with Crippen LogP contribution in [0.1, 0.15) is 21.7 Å². The summed E-state index contributed by atoms with van der Waals surface area (Å²) in [4.78, 5) is 12.4. The second-order valence-corrected chi connectivity index (χ2v) is 5.09. The Hall–Kier alpha value is -2.07. The molecule has 1 aromatic carbocycles. The molecule has 0 bridgehead atoms. The maximum Gasteiger partial charge on any atom is 0.172 e. The lowest BCUT2D eigenvalue weighted by molar-refractivity contribution is 0.0991. The number of aromatic nitrogens is 2. The quantitative estimate of drug-likeness (QED) is 0.692. The lowest BCUT2D eigenvalue weighted by Crippen LogP contribution is -2.07. The van der Waals surface area contributed by atoms with E-state index in [2.05, 4.69) is 5.10 Å². The van der Waals surface area contributed by atoms with E-state index in [1.165, 1.54) is 6.26 Å². The fourth-order valence-corrected chi connectivity index (χ4v) is 2.54. The molecular formula is C15H13ClN2O2. The highest BCUT2D eigenvalue weighted by Gasteiger charge is 2.19. The third-order valence-corrected chi connectivity index (χ3v) is 3.86. The fourth-order valence-electron chi connectivity index (χ4n) is 2.31. The fraction of sp³-hybridized carbons (Fsp3) is 0.200. The molecule has 0 saturated carbocycles. The molecule has 3 rings (SSSR count). The van der Waals surface area contributed by atoms with Gasteiger partial charge in [0.25, 0.3) is 0 Å². The minimum Gasteiger partial charge on any atom is -0.464 e. The number of carbonyl (C=O) groups excluding carboxylic acids is 1. The van der Waals surface area contributed by atoms with Gasteiger partial charge >= 0.3 is 0 Å². The van der Waals surface area contributed by atoms with E-state index in [1.54, 1.807) is 11.7 Å². The first-order valence-electron chi connectivity index (χ1n) is 6.25. The number of fused-ring (bicyclic) bond motifs is 1. The smallest absolute Gasteiger partial charge is 0.172 e. The van der Waals surface area contributed by atoms with Gasteiger partial charge in [0, 0.05) is 12.4 Å². The van der Waals surface area contributed by atoms with E-state index in [4.69, 9.17) is 16.0 Å². The van der Waals surface area contributed by atoms with E-state index in [-0.39, 0.29) is 12.2 Å². The largest absolute Gasteiger partial charge is 0.464 e. The molecule has 0 spiro atoms. The van der Waals surface area contributed by atoms with Crippen LogP contribution in [0.5, 0.6) is 0 Å². The first-order chi connectivity index (χ1) is 9.58. The lowest BCUT2D eigenvalue weighted by atomic mass is 10.1. The second-order valence-electron chi connectivity index (χ2n) is 4.72. The van der Waals surface area contributed by atoms with Gasteiger partial charge in [0.2, 0.25) is 0 Å². The average molecular weight is 289 g/mol. The molecule has 102 valence electrons. The van der Waals surface area contributed by atoms with E-state index in [0.29, 0.717) is 16.2 Å². The zero-order valence-electron chi connectivity index (χ0n) is 11.2. The maximum absolute atomic E-state index is 12.4. The minimum absolute atomic E-state index is 0.0279. The molecule has 0 unspecified atom stereocenters. The highest BCUT2D eigenvalue weighted by molar-refractivity contribution is 6.32. The summed E-state index contributed by atoms with van der Waals surface area (Å²) in [6.07, 6.45) is 1.71. The Kier molecular flexibility index (Phi) is 3.10. The third-order valence-electron chi connectivity index (χ3n) is 3.37. The van der Waals surface area contributed by atoms with Crippen molar-refractivity contribution in [3.8, 4) is 0 Å². The number of Topliss-reactive ketones (excluding diaryl/α,β-unsaturated/α-hetero) is 1. The van der Waals surface area contributed by atoms with E-state index >= 15 is 0 Å². The number of aryl methyl sites for hydroxylation is 2. The molecule has 2 aromatic heterocycles. The van der Waals surface area contributed by atoms with Crippen molar-refractivity contribution >= 4 is 28.4 Å². The molecule has 3 aromatic rings. The number of rotatable bonds is 3. The van der Waals surface area contributed by atoms with Crippen LogP contribution < -0.4 is 0 Å². The molecule has 4 nitrogen and oxygen atoms in total.